The first kappa shape index (κ1) is 14.6. The van der Waals surface area contributed by atoms with Crippen LogP contribution >= 0.6 is 15.9 Å². The first-order chi connectivity index (χ1) is 9.49. The summed E-state index contributed by atoms with van der Waals surface area (Å²) in [5.41, 5.74) is 1.62. The Morgan fingerprint density at radius 2 is 2.30 bits per heavy atom. The number of nitrogens with one attached hydrogen (secondary N) is 1. The van der Waals surface area contributed by atoms with Crippen LogP contribution in [0.1, 0.15) is 12.5 Å². The summed E-state index contributed by atoms with van der Waals surface area (Å²) in [7, 11) is 0. The van der Waals surface area contributed by atoms with E-state index in [2.05, 4.69) is 21.2 Å². The van der Waals surface area contributed by atoms with Crippen LogP contribution in [0.4, 0.5) is 5.69 Å². The molecule has 106 valence electrons. The number of nitrogens with zero attached hydrogens (tertiary/aromatic N) is 1. The monoisotopic (exact) mass is 338 g/mol. The molecule has 1 unspecified atom stereocenters. The highest BCUT2D eigenvalue weighted by Gasteiger charge is 2.26. The molecule has 1 heterocycles. The Balaban J connectivity index is 2.39. The van der Waals surface area contributed by atoms with E-state index >= 15 is 0 Å². The zero-order valence-electron chi connectivity index (χ0n) is 11.0. The average Bonchev–Trinajstić information content (AvgIpc) is 2.40. The number of carboxylic acid groups (broad SMARTS) is 1. The second kappa shape index (κ2) is 6.09. The molecule has 1 aliphatic rings. The lowest BCUT2D eigenvalue weighted by Gasteiger charge is -2.35. The average molecular weight is 339 g/mol. The number of amides is 1. The summed E-state index contributed by atoms with van der Waals surface area (Å²) in [5, 5.41) is 11.6. The molecule has 0 aliphatic carbocycles. The van der Waals surface area contributed by atoms with Crippen molar-refractivity contribution in [3.63, 3.8) is 0 Å². The van der Waals surface area contributed by atoms with Gasteiger partial charge in [-0.2, -0.15) is 0 Å². The fourth-order valence-corrected chi connectivity index (χ4v) is 2.57. The Labute approximate surface area is 125 Å². The molecule has 2 rings (SSSR count). The van der Waals surface area contributed by atoms with E-state index < -0.39 is 5.97 Å². The molecule has 0 saturated carbocycles. The van der Waals surface area contributed by atoms with Gasteiger partial charge >= 0.3 is 5.97 Å². The van der Waals surface area contributed by atoms with Gasteiger partial charge in [0.1, 0.15) is 6.04 Å². The molecular weight excluding hydrogens is 324 g/mol. The van der Waals surface area contributed by atoms with Crippen molar-refractivity contribution in [2.75, 3.05) is 18.0 Å². The second-order valence-electron chi connectivity index (χ2n) is 4.54. The molecule has 0 radical (unpaired) electrons. The van der Waals surface area contributed by atoms with Gasteiger partial charge in [0.2, 0.25) is 5.91 Å². The van der Waals surface area contributed by atoms with E-state index in [9.17, 15) is 9.59 Å². The number of hydrogen-bond donors (Lipinski definition) is 2. The van der Waals surface area contributed by atoms with Crippen LogP contribution in [0, 0.1) is 0 Å². The van der Waals surface area contributed by atoms with Crippen LogP contribution in [0.2, 0.25) is 0 Å². The van der Waals surface area contributed by atoms with Crippen molar-refractivity contribution in [3.8, 4) is 0 Å². The van der Waals surface area contributed by atoms with E-state index in [4.69, 9.17) is 5.11 Å². The minimum absolute atomic E-state index is 0.0210. The summed E-state index contributed by atoms with van der Waals surface area (Å²) in [6, 6.07) is 5.34. The SMILES string of the molecule is CC1C(=O)NCCN1c1ccc(Br)cc1/C=C/C(=O)O. The van der Waals surface area contributed by atoms with Gasteiger partial charge in [-0.1, -0.05) is 15.9 Å². The number of carboxylic acids is 1. The summed E-state index contributed by atoms with van der Waals surface area (Å²) in [5.74, 6) is -1.02. The van der Waals surface area contributed by atoms with Crippen LogP contribution in [0.5, 0.6) is 0 Å². The Morgan fingerprint density at radius 3 is 3.00 bits per heavy atom. The number of benzene rings is 1. The maximum absolute atomic E-state index is 11.7. The molecule has 1 amide bonds. The van der Waals surface area contributed by atoms with Gasteiger partial charge in [0.05, 0.1) is 0 Å². The van der Waals surface area contributed by atoms with Crippen molar-refractivity contribution in [1.29, 1.82) is 0 Å². The van der Waals surface area contributed by atoms with Crippen molar-refractivity contribution >= 4 is 39.6 Å². The zero-order valence-corrected chi connectivity index (χ0v) is 12.6. The Hall–Kier alpha value is -1.82. The lowest BCUT2D eigenvalue weighted by Crippen LogP contribution is -2.54. The molecule has 6 heteroatoms. The summed E-state index contributed by atoms with van der Waals surface area (Å²) in [6.45, 7) is 3.12. The normalized spacial score (nSPS) is 19.2. The van der Waals surface area contributed by atoms with Gasteiger partial charge in [-0.25, -0.2) is 4.79 Å². The third-order valence-corrected chi connectivity index (χ3v) is 3.70. The topological polar surface area (TPSA) is 69.6 Å². The lowest BCUT2D eigenvalue weighted by molar-refractivity contribution is -0.131. The molecule has 1 atom stereocenters. The van der Waals surface area contributed by atoms with Crippen molar-refractivity contribution < 1.29 is 14.7 Å². The molecule has 1 fully saturated rings. The van der Waals surface area contributed by atoms with Gasteiger partial charge in [0, 0.05) is 29.3 Å². The largest absolute Gasteiger partial charge is 0.478 e. The number of hydrogen-bond acceptors (Lipinski definition) is 3. The van der Waals surface area contributed by atoms with E-state index in [0.29, 0.717) is 13.1 Å². The van der Waals surface area contributed by atoms with Gasteiger partial charge < -0.3 is 15.3 Å². The number of anilines is 1. The number of rotatable bonds is 3. The molecule has 0 aromatic heterocycles. The Bertz CT molecular complexity index is 572. The molecule has 0 bridgehead atoms. The van der Waals surface area contributed by atoms with Crippen LogP contribution in [0.25, 0.3) is 6.08 Å². The van der Waals surface area contributed by atoms with Crippen LogP contribution in [-0.2, 0) is 9.59 Å². The van der Waals surface area contributed by atoms with Crippen LogP contribution < -0.4 is 10.2 Å². The maximum atomic E-state index is 11.7. The summed E-state index contributed by atoms with van der Waals surface area (Å²) < 4.78 is 0.861. The fourth-order valence-electron chi connectivity index (χ4n) is 2.19. The molecule has 1 aromatic rings. The van der Waals surface area contributed by atoms with Gasteiger partial charge in [0.25, 0.3) is 0 Å². The smallest absolute Gasteiger partial charge is 0.328 e. The fraction of sp³-hybridized carbons (Fsp3) is 0.286. The molecule has 1 aromatic carbocycles. The standard InChI is InChI=1S/C14H15BrN2O3/c1-9-14(20)16-6-7-17(9)12-4-3-11(15)8-10(12)2-5-13(18)19/h2-5,8-9H,6-7H2,1H3,(H,16,20)(H,18,19)/b5-2+. The predicted octanol–water partition coefficient (Wildman–Crippen LogP) is 1.87. The van der Waals surface area contributed by atoms with Gasteiger partial charge in [0.15, 0.2) is 0 Å². The van der Waals surface area contributed by atoms with Gasteiger partial charge in [-0.15, -0.1) is 0 Å². The van der Waals surface area contributed by atoms with E-state index in [1.165, 1.54) is 0 Å². The highest BCUT2D eigenvalue weighted by atomic mass is 79.9. The van der Waals surface area contributed by atoms with Crippen LogP contribution in [0.15, 0.2) is 28.7 Å². The van der Waals surface area contributed by atoms with E-state index in [0.717, 1.165) is 21.8 Å². The summed E-state index contributed by atoms with van der Waals surface area (Å²) in [6.07, 6.45) is 2.64. The van der Waals surface area contributed by atoms with E-state index in [-0.39, 0.29) is 11.9 Å². The quantitative estimate of drug-likeness (QED) is 0.825. The van der Waals surface area contributed by atoms with E-state index in [1.54, 1.807) is 6.08 Å². The number of aliphatic carboxylic acids is 1. The van der Waals surface area contributed by atoms with E-state index in [1.807, 2.05) is 30.0 Å². The highest BCUT2D eigenvalue weighted by Crippen LogP contribution is 2.28. The minimum Gasteiger partial charge on any atom is -0.478 e. The van der Waals surface area contributed by atoms with Crippen molar-refractivity contribution in [3.05, 3.63) is 34.3 Å². The van der Waals surface area contributed by atoms with Crippen molar-refractivity contribution in [2.24, 2.45) is 0 Å². The number of piperazine rings is 1. The molecular formula is C14H15BrN2O3. The first-order valence-electron chi connectivity index (χ1n) is 6.24. The number of carbonyl (C=O) groups is 2. The second-order valence-corrected chi connectivity index (χ2v) is 5.45. The number of halogens is 1. The Morgan fingerprint density at radius 1 is 1.55 bits per heavy atom. The van der Waals surface area contributed by atoms with Crippen LogP contribution in [-0.4, -0.2) is 36.1 Å². The molecule has 5 nitrogen and oxygen atoms in total. The molecule has 1 aliphatic heterocycles. The van der Waals surface area contributed by atoms with Crippen molar-refractivity contribution in [1.82, 2.24) is 5.32 Å². The molecule has 0 spiro atoms. The predicted molar refractivity (Wildman–Crippen MR) is 80.6 cm³/mol. The third kappa shape index (κ3) is 3.19. The van der Waals surface area contributed by atoms with Gasteiger partial charge in [-0.05, 0) is 36.8 Å². The van der Waals surface area contributed by atoms with Gasteiger partial charge in [-0.3, -0.25) is 4.79 Å². The van der Waals surface area contributed by atoms with Crippen LogP contribution in [0.3, 0.4) is 0 Å². The maximum Gasteiger partial charge on any atom is 0.328 e. The zero-order chi connectivity index (χ0) is 14.7. The minimum atomic E-state index is -1.000. The number of carbonyl (C=O) groups excluding carboxylic acids is 1. The third-order valence-electron chi connectivity index (χ3n) is 3.20. The molecule has 1 saturated heterocycles. The first-order valence-corrected chi connectivity index (χ1v) is 7.03. The molecule has 20 heavy (non-hydrogen) atoms. The summed E-state index contributed by atoms with van der Waals surface area (Å²) in [4.78, 5) is 24.4. The highest BCUT2D eigenvalue weighted by molar-refractivity contribution is 9.10. The lowest BCUT2D eigenvalue weighted by atomic mass is 10.1. The Kier molecular flexibility index (Phi) is 4.44. The van der Waals surface area contributed by atoms with Crippen molar-refractivity contribution in [2.45, 2.75) is 13.0 Å². The molecule has 2 N–H and O–H groups in total. The summed E-state index contributed by atoms with van der Waals surface area (Å²) >= 11 is 3.38.